The predicted octanol–water partition coefficient (Wildman–Crippen LogP) is -1.25. The number of hydrogen-bond acceptors (Lipinski definition) is 4. The first kappa shape index (κ1) is 17.8. The molecule has 0 spiro atoms. The van der Waals surface area contributed by atoms with Crippen LogP contribution in [0.4, 0.5) is 0 Å². The van der Waals surface area contributed by atoms with E-state index in [1.165, 1.54) is 0 Å². The molecule has 0 bridgehead atoms. The molecular weight excluding hydrogens is 176 g/mol. The van der Waals surface area contributed by atoms with E-state index in [0.717, 1.165) is 6.29 Å². The normalized spacial score (nSPS) is 7.85. The van der Waals surface area contributed by atoms with Gasteiger partial charge in [0.1, 0.15) is 6.29 Å². The molecule has 0 radical (unpaired) electrons. The Balaban J connectivity index is -0.000000131. The van der Waals surface area contributed by atoms with Crippen molar-refractivity contribution in [1.29, 1.82) is 0 Å². The second-order valence-corrected chi connectivity index (χ2v) is 1.45. The first-order valence-corrected chi connectivity index (χ1v) is 3.59. The van der Waals surface area contributed by atoms with Crippen LogP contribution in [0.1, 0.15) is 12.8 Å². The summed E-state index contributed by atoms with van der Waals surface area (Å²) in [6.07, 6.45) is 2.25. The first-order chi connectivity index (χ1) is 6.33. The van der Waals surface area contributed by atoms with Gasteiger partial charge in [-0.15, -0.1) is 13.2 Å². The zero-order valence-electron chi connectivity index (χ0n) is 7.52. The van der Waals surface area contributed by atoms with Crippen LogP contribution in [0.3, 0.4) is 0 Å². The van der Waals surface area contributed by atoms with E-state index in [1.54, 1.807) is 0 Å². The lowest BCUT2D eigenvalue weighted by molar-refractivity contribution is -1.04. The quantitative estimate of drug-likeness (QED) is 0.191. The second-order valence-electron chi connectivity index (χ2n) is 1.45. The van der Waals surface area contributed by atoms with Gasteiger partial charge < -0.3 is 20.3 Å². The summed E-state index contributed by atoms with van der Waals surface area (Å²) in [7, 11) is 0. The summed E-state index contributed by atoms with van der Waals surface area (Å²) < 4.78 is 3.25. The zero-order valence-corrected chi connectivity index (χ0v) is 7.52. The lowest BCUT2D eigenvalue weighted by atomic mass is 10.5. The predicted molar refractivity (Wildman–Crippen MR) is 46.8 cm³/mol. The van der Waals surface area contributed by atoms with E-state index in [9.17, 15) is 4.79 Å². The topological polar surface area (TPSA) is 91.9 Å². The summed E-state index contributed by atoms with van der Waals surface area (Å²) in [5.74, 6) is 0. The Labute approximate surface area is 77.6 Å². The van der Waals surface area contributed by atoms with E-state index in [1.807, 2.05) is 0 Å². The van der Waals surface area contributed by atoms with E-state index >= 15 is 0 Å². The molecule has 0 aromatic rings. The van der Waals surface area contributed by atoms with E-state index < -0.39 is 0 Å². The summed E-state index contributed by atoms with van der Waals surface area (Å²) in [4.78, 5) is 9.24. The highest BCUT2D eigenvalue weighted by molar-refractivity contribution is 5.49. The molecule has 0 aromatic carbocycles. The van der Waals surface area contributed by atoms with Crippen molar-refractivity contribution in [3.63, 3.8) is 0 Å². The van der Waals surface area contributed by atoms with Gasteiger partial charge in [0.25, 0.3) is 0 Å². The molecule has 0 fully saturated rings. The van der Waals surface area contributed by atoms with Crippen molar-refractivity contribution in [3.05, 3.63) is 13.2 Å². The molecule has 13 heavy (non-hydrogen) atoms. The number of rotatable bonds is 4. The van der Waals surface area contributed by atoms with Gasteiger partial charge >= 0.3 is 6.29 Å². The van der Waals surface area contributed by atoms with Gasteiger partial charge in [-0.05, 0) is 0 Å². The van der Waals surface area contributed by atoms with Crippen molar-refractivity contribution >= 4 is 12.6 Å². The van der Waals surface area contributed by atoms with Crippen LogP contribution in [0, 0.1) is 0 Å². The van der Waals surface area contributed by atoms with Gasteiger partial charge in [0.2, 0.25) is 0 Å². The monoisotopic (exact) mass is 192 g/mol. The van der Waals surface area contributed by atoms with Crippen LogP contribution in [0.15, 0.2) is 13.2 Å². The number of carbonyl (C=O) groups excluding carboxylic acids is 2. The summed E-state index contributed by atoms with van der Waals surface area (Å²) >= 11 is 0. The number of carbonyl (C=O) groups is 1. The van der Waals surface area contributed by atoms with Gasteiger partial charge in [-0.3, -0.25) is 0 Å². The molecule has 0 unspecified atom stereocenters. The minimum atomic E-state index is -0.0256. The van der Waals surface area contributed by atoms with E-state index in [0.29, 0.717) is 12.7 Å². The van der Waals surface area contributed by atoms with Crippen LogP contribution in [-0.4, -0.2) is 36.0 Å². The van der Waals surface area contributed by atoms with Crippen LogP contribution >= 0.6 is 0 Å². The van der Waals surface area contributed by atoms with E-state index in [4.69, 9.17) is 15.5 Å². The number of hydrogen-bond donors (Lipinski definition) is 2. The Kier molecular flexibility index (Phi) is 42.2. The third-order valence-corrected chi connectivity index (χ3v) is 0.562. The maximum Gasteiger partial charge on any atom is 0.320 e. The molecular formula is C8H16O5. The SMILES string of the molecule is C=C.O=CCCO.[O-][O+]=CCCO. The highest BCUT2D eigenvalue weighted by Gasteiger charge is 1.77. The van der Waals surface area contributed by atoms with Crippen molar-refractivity contribution in [2.45, 2.75) is 12.8 Å². The van der Waals surface area contributed by atoms with Gasteiger partial charge in [-0.25, -0.2) is 0 Å². The summed E-state index contributed by atoms with van der Waals surface area (Å²) in [6.45, 7) is 5.95. The lowest BCUT2D eigenvalue weighted by Crippen LogP contribution is -1.97. The third-order valence-electron chi connectivity index (χ3n) is 0.562. The van der Waals surface area contributed by atoms with Crippen LogP contribution in [0.25, 0.3) is 0 Å². The summed E-state index contributed by atoms with van der Waals surface area (Å²) in [6, 6.07) is 0. The van der Waals surface area contributed by atoms with Crippen molar-refractivity contribution in [1.82, 2.24) is 0 Å². The van der Waals surface area contributed by atoms with E-state index in [2.05, 4.69) is 17.7 Å². The van der Waals surface area contributed by atoms with Gasteiger partial charge in [0.15, 0.2) is 0 Å². The Morgan fingerprint density at radius 3 is 1.77 bits per heavy atom. The van der Waals surface area contributed by atoms with Crippen LogP contribution < -0.4 is 5.26 Å². The van der Waals surface area contributed by atoms with Crippen molar-refractivity contribution in [2.75, 3.05) is 13.2 Å². The lowest BCUT2D eigenvalue weighted by Gasteiger charge is -1.70. The maximum absolute atomic E-state index is 9.24. The summed E-state index contributed by atoms with van der Waals surface area (Å²) in [5, 5.41) is 24.8. The standard InChI is InChI=1S/C3H6O3.C3H6O2.C2H4/c4-2-1-3-6-5;4-2-1-3-5;1-2/h3-4H,1-2H2;2,5H,1,3H2;1-2H2. The minimum Gasteiger partial charge on any atom is -0.463 e. The Hall–Kier alpha value is -1.20. The van der Waals surface area contributed by atoms with Gasteiger partial charge in [-0.2, -0.15) is 4.58 Å². The smallest absolute Gasteiger partial charge is 0.320 e. The Bertz CT molecular complexity index is 103. The number of aldehydes is 2. The molecule has 5 heteroatoms. The summed E-state index contributed by atoms with van der Waals surface area (Å²) in [5.41, 5.74) is 0. The van der Waals surface area contributed by atoms with Crippen molar-refractivity contribution < 1.29 is 24.8 Å². The Morgan fingerprint density at radius 2 is 1.69 bits per heavy atom. The van der Waals surface area contributed by atoms with Crippen molar-refractivity contribution in [2.24, 2.45) is 0 Å². The third kappa shape index (κ3) is 57.9. The first-order valence-electron chi connectivity index (χ1n) is 3.59. The fraction of sp³-hybridized carbons (Fsp3) is 0.500. The zero-order chi connectivity index (χ0) is 10.9. The molecule has 0 saturated carbocycles. The molecule has 0 aliphatic heterocycles. The largest absolute Gasteiger partial charge is 0.463 e. The molecule has 0 heterocycles. The molecule has 78 valence electrons. The number of aliphatic hydroxyl groups excluding tert-OH is 2. The molecule has 2 N–H and O–H groups in total. The molecule has 0 saturated heterocycles. The maximum atomic E-state index is 9.24. The molecule has 0 aliphatic rings. The molecule has 0 aromatic heterocycles. The van der Waals surface area contributed by atoms with Gasteiger partial charge in [-0.1, -0.05) is 0 Å². The average Bonchev–Trinajstić information content (AvgIpc) is 2.20. The fourth-order valence-corrected chi connectivity index (χ4v) is 0.154. The Morgan fingerprint density at radius 1 is 1.23 bits per heavy atom. The minimum absolute atomic E-state index is 0.0243. The number of aliphatic hydroxyl groups is 2. The fourth-order valence-electron chi connectivity index (χ4n) is 0.154. The average molecular weight is 192 g/mol. The van der Waals surface area contributed by atoms with Crippen LogP contribution in [0.5, 0.6) is 0 Å². The highest BCUT2D eigenvalue weighted by atomic mass is 17.1. The second kappa shape index (κ2) is 30.8. The van der Waals surface area contributed by atoms with Gasteiger partial charge in [0.05, 0.1) is 13.0 Å². The molecule has 0 aliphatic carbocycles. The van der Waals surface area contributed by atoms with E-state index in [-0.39, 0.29) is 19.6 Å². The van der Waals surface area contributed by atoms with Crippen LogP contribution in [0.2, 0.25) is 0 Å². The van der Waals surface area contributed by atoms with Gasteiger partial charge in [0, 0.05) is 13.0 Å². The van der Waals surface area contributed by atoms with Crippen LogP contribution in [-0.2, 0) is 9.37 Å². The molecule has 5 nitrogen and oxygen atoms in total. The molecule has 0 rings (SSSR count). The highest BCUT2D eigenvalue weighted by Crippen LogP contribution is 1.60. The molecule has 0 atom stereocenters. The van der Waals surface area contributed by atoms with Crippen molar-refractivity contribution in [3.8, 4) is 0 Å². The molecule has 0 amide bonds.